The lowest BCUT2D eigenvalue weighted by Crippen LogP contribution is -2.45. The molecule has 1 amide bonds. The summed E-state index contributed by atoms with van der Waals surface area (Å²) in [4.78, 5) is 26.0. The van der Waals surface area contributed by atoms with Gasteiger partial charge in [0.05, 0.1) is 17.1 Å². The molecular weight excluding hydrogens is 346 g/mol. The molecule has 1 aliphatic rings. The minimum Gasteiger partial charge on any atom is -0.508 e. The predicted octanol–water partition coefficient (Wildman–Crippen LogP) is 1.22. The van der Waals surface area contributed by atoms with E-state index in [1.165, 1.54) is 29.2 Å². The highest BCUT2D eigenvalue weighted by Gasteiger charge is 2.35. The van der Waals surface area contributed by atoms with Gasteiger partial charge in [0.2, 0.25) is 0 Å². The SMILES string of the molecule is CC(C)CN(C(=O)COC(=O)c1ccc(O)cc1)[C@@H]1CCS(=O)(=O)C1. The zero-order chi connectivity index (χ0) is 18.6. The molecular formula is C17H23NO6S. The highest BCUT2D eigenvalue weighted by Crippen LogP contribution is 2.19. The van der Waals surface area contributed by atoms with Gasteiger partial charge in [-0.15, -0.1) is 0 Å². The van der Waals surface area contributed by atoms with Crippen molar-refractivity contribution in [2.75, 3.05) is 24.7 Å². The average Bonchev–Trinajstić information content (AvgIpc) is 2.90. The molecule has 0 radical (unpaired) electrons. The van der Waals surface area contributed by atoms with E-state index in [0.717, 1.165) is 0 Å². The number of hydrogen-bond donors (Lipinski definition) is 1. The Balaban J connectivity index is 1.99. The van der Waals surface area contributed by atoms with Gasteiger partial charge in [0, 0.05) is 12.6 Å². The van der Waals surface area contributed by atoms with E-state index in [0.29, 0.717) is 13.0 Å². The standard InChI is InChI=1S/C17H23NO6S/c1-12(2)9-18(14-7-8-25(22,23)11-14)16(20)10-24-17(21)13-3-5-15(19)6-4-13/h3-6,12,14,19H,7-11H2,1-2H3/t14-/m1/s1. The lowest BCUT2D eigenvalue weighted by Gasteiger charge is -2.29. The summed E-state index contributed by atoms with van der Waals surface area (Å²) in [5, 5.41) is 9.21. The van der Waals surface area contributed by atoms with Crippen LogP contribution in [0.25, 0.3) is 0 Å². The Morgan fingerprint density at radius 3 is 2.44 bits per heavy atom. The van der Waals surface area contributed by atoms with Crippen LogP contribution in [0.2, 0.25) is 0 Å². The van der Waals surface area contributed by atoms with Crippen molar-refractivity contribution in [1.29, 1.82) is 0 Å². The molecule has 25 heavy (non-hydrogen) atoms. The lowest BCUT2D eigenvalue weighted by atomic mass is 10.1. The van der Waals surface area contributed by atoms with Gasteiger partial charge in [-0.3, -0.25) is 4.79 Å². The number of sulfone groups is 1. The van der Waals surface area contributed by atoms with Gasteiger partial charge in [-0.1, -0.05) is 13.8 Å². The quantitative estimate of drug-likeness (QED) is 0.757. The number of carbonyl (C=O) groups excluding carboxylic acids is 2. The van der Waals surface area contributed by atoms with Crippen LogP contribution < -0.4 is 0 Å². The number of amides is 1. The Morgan fingerprint density at radius 2 is 1.92 bits per heavy atom. The van der Waals surface area contributed by atoms with Crippen LogP contribution in [0, 0.1) is 5.92 Å². The van der Waals surface area contributed by atoms with Crippen molar-refractivity contribution in [2.45, 2.75) is 26.3 Å². The molecule has 1 aliphatic heterocycles. The summed E-state index contributed by atoms with van der Waals surface area (Å²) in [6.07, 6.45) is 0.409. The zero-order valence-corrected chi connectivity index (χ0v) is 15.2. The van der Waals surface area contributed by atoms with E-state index in [1.54, 1.807) is 0 Å². The van der Waals surface area contributed by atoms with Gasteiger partial charge in [0.15, 0.2) is 16.4 Å². The molecule has 1 saturated heterocycles. The zero-order valence-electron chi connectivity index (χ0n) is 14.3. The highest BCUT2D eigenvalue weighted by molar-refractivity contribution is 7.91. The summed E-state index contributed by atoms with van der Waals surface area (Å²) < 4.78 is 28.4. The third kappa shape index (κ3) is 5.45. The van der Waals surface area contributed by atoms with E-state index < -0.39 is 28.3 Å². The van der Waals surface area contributed by atoms with E-state index in [2.05, 4.69) is 0 Å². The second-order valence-corrected chi connectivity index (χ2v) is 8.85. The van der Waals surface area contributed by atoms with Crippen LogP contribution >= 0.6 is 0 Å². The normalized spacial score (nSPS) is 18.9. The van der Waals surface area contributed by atoms with Crippen molar-refractivity contribution >= 4 is 21.7 Å². The van der Waals surface area contributed by atoms with Gasteiger partial charge in [0.25, 0.3) is 5.91 Å². The number of ether oxygens (including phenoxy) is 1. The Morgan fingerprint density at radius 1 is 1.28 bits per heavy atom. The maximum atomic E-state index is 12.5. The topological polar surface area (TPSA) is 101 Å². The summed E-state index contributed by atoms with van der Waals surface area (Å²) >= 11 is 0. The van der Waals surface area contributed by atoms with Crippen molar-refractivity contribution in [3.63, 3.8) is 0 Å². The van der Waals surface area contributed by atoms with Gasteiger partial charge in [-0.2, -0.15) is 0 Å². The Kier molecular flexibility index (Phi) is 6.05. The number of phenolic OH excluding ortho intramolecular Hbond substituents is 1. The number of esters is 1. The fourth-order valence-electron chi connectivity index (χ4n) is 2.76. The van der Waals surface area contributed by atoms with E-state index in [9.17, 15) is 23.1 Å². The van der Waals surface area contributed by atoms with Crippen molar-refractivity contribution in [3.05, 3.63) is 29.8 Å². The first-order chi connectivity index (χ1) is 11.7. The smallest absolute Gasteiger partial charge is 0.338 e. The first kappa shape index (κ1) is 19.2. The first-order valence-electron chi connectivity index (χ1n) is 8.14. The monoisotopic (exact) mass is 369 g/mol. The van der Waals surface area contributed by atoms with Crippen LogP contribution in [0.3, 0.4) is 0 Å². The Labute approximate surface area is 147 Å². The average molecular weight is 369 g/mol. The number of nitrogens with zero attached hydrogens (tertiary/aromatic N) is 1. The predicted molar refractivity (Wildman–Crippen MR) is 92.0 cm³/mol. The number of hydrogen-bond acceptors (Lipinski definition) is 6. The molecule has 1 fully saturated rings. The van der Waals surface area contributed by atoms with Crippen LogP contribution in [0.15, 0.2) is 24.3 Å². The third-order valence-electron chi connectivity index (χ3n) is 3.96. The fraction of sp³-hybridized carbons (Fsp3) is 0.529. The minimum atomic E-state index is -3.11. The van der Waals surface area contributed by atoms with Crippen LogP contribution in [0.4, 0.5) is 0 Å². The van der Waals surface area contributed by atoms with Crippen LogP contribution in [0.1, 0.15) is 30.6 Å². The van der Waals surface area contributed by atoms with E-state index in [4.69, 9.17) is 4.74 Å². The highest BCUT2D eigenvalue weighted by atomic mass is 32.2. The second-order valence-electron chi connectivity index (χ2n) is 6.62. The van der Waals surface area contributed by atoms with Crippen LogP contribution in [-0.2, 0) is 19.4 Å². The summed E-state index contributed by atoms with van der Waals surface area (Å²) in [5.41, 5.74) is 0.226. The van der Waals surface area contributed by atoms with Crippen molar-refractivity contribution in [1.82, 2.24) is 4.90 Å². The molecule has 0 bridgehead atoms. The van der Waals surface area contributed by atoms with Crippen molar-refractivity contribution in [2.24, 2.45) is 5.92 Å². The summed E-state index contributed by atoms with van der Waals surface area (Å²) in [6.45, 7) is 3.84. The summed E-state index contributed by atoms with van der Waals surface area (Å²) in [6, 6.07) is 5.14. The largest absolute Gasteiger partial charge is 0.508 e. The van der Waals surface area contributed by atoms with Crippen LogP contribution in [-0.4, -0.2) is 61.0 Å². The Bertz CT molecular complexity index is 726. The molecule has 2 rings (SSSR count). The number of aromatic hydroxyl groups is 1. The second kappa shape index (κ2) is 7.86. The molecule has 1 atom stereocenters. The van der Waals surface area contributed by atoms with Gasteiger partial charge in [-0.05, 0) is 36.6 Å². The molecule has 1 heterocycles. The molecule has 0 unspecified atom stereocenters. The maximum Gasteiger partial charge on any atom is 0.338 e. The molecule has 0 aromatic heterocycles. The number of benzene rings is 1. The summed E-state index contributed by atoms with van der Waals surface area (Å²) in [5.74, 6) is -0.845. The molecule has 8 heteroatoms. The van der Waals surface area contributed by atoms with E-state index in [1.807, 2.05) is 13.8 Å². The minimum absolute atomic E-state index is 0.0261. The van der Waals surface area contributed by atoms with Crippen molar-refractivity contribution in [3.8, 4) is 5.75 Å². The maximum absolute atomic E-state index is 12.5. The lowest BCUT2D eigenvalue weighted by molar-refractivity contribution is -0.137. The molecule has 7 nitrogen and oxygen atoms in total. The number of carbonyl (C=O) groups is 2. The van der Waals surface area contributed by atoms with E-state index in [-0.39, 0.29) is 34.8 Å². The number of rotatable bonds is 6. The fourth-order valence-corrected chi connectivity index (χ4v) is 4.49. The molecule has 0 spiro atoms. The molecule has 138 valence electrons. The summed E-state index contributed by atoms with van der Waals surface area (Å²) in [7, 11) is -3.11. The van der Waals surface area contributed by atoms with E-state index >= 15 is 0 Å². The number of phenols is 1. The Hall–Kier alpha value is -2.09. The molecule has 1 N–H and O–H groups in total. The molecule has 0 aliphatic carbocycles. The van der Waals surface area contributed by atoms with Crippen LogP contribution in [0.5, 0.6) is 5.75 Å². The van der Waals surface area contributed by atoms with Gasteiger partial charge in [0.1, 0.15) is 5.75 Å². The van der Waals surface area contributed by atoms with Gasteiger partial charge >= 0.3 is 5.97 Å². The molecule has 0 saturated carbocycles. The van der Waals surface area contributed by atoms with Crippen molar-refractivity contribution < 1.29 is 27.9 Å². The molecule has 1 aromatic carbocycles. The molecule has 1 aromatic rings. The first-order valence-corrected chi connectivity index (χ1v) is 9.96. The third-order valence-corrected chi connectivity index (χ3v) is 5.71. The van der Waals surface area contributed by atoms with Gasteiger partial charge < -0.3 is 14.7 Å². The van der Waals surface area contributed by atoms with Gasteiger partial charge in [-0.25, -0.2) is 13.2 Å².